The summed E-state index contributed by atoms with van der Waals surface area (Å²) in [6.07, 6.45) is 2.07. The molecule has 2 rings (SSSR count). The molecule has 8 heteroatoms. The second-order valence-corrected chi connectivity index (χ2v) is 5.79. The molecule has 3 amide bonds. The lowest BCUT2D eigenvalue weighted by Gasteiger charge is -2.13. The molecule has 1 aromatic carbocycles. The molecule has 0 spiro atoms. The third-order valence-corrected chi connectivity index (χ3v) is 3.76. The van der Waals surface area contributed by atoms with Gasteiger partial charge in [0.15, 0.2) is 0 Å². The molecule has 0 atom stereocenters. The fourth-order valence-electron chi connectivity index (χ4n) is 2.32. The van der Waals surface area contributed by atoms with E-state index >= 15 is 0 Å². The van der Waals surface area contributed by atoms with Gasteiger partial charge in [-0.3, -0.25) is 4.79 Å². The molecular formula is C19H25N5O3. The minimum Gasteiger partial charge on any atom is -0.495 e. The lowest BCUT2D eigenvalue weighted by atomic mass is 10.2. The number of nitrogens with one attached hydrogen (secondary N) is 4. The molecule has 27 heavy (non-hydrogen) atoms. The molecule has 0 saturated carbocycles. The van der Waals surface area contributed by atoms with Gasteiger partial charge in [-0.15, -0.1) is 0 Å². The Bertz CT molecular complexity index is 795. The Kier molecular flexibility index (Phi) is 7.42. The Balaban J connectivity index is 1.85. The van der Waals surface area contributed by atoms with Crippen molar-refractivity contribution in [2.24, 2.45) is 0 Å². The molecule has 0 unspecified atom stereocenters. The minimum absolute atomic E-state index is 0.134. The van der Waals surface area contributed by atoms with Crippen LogP contribution in [0.15, 0.2) is 36.5 Å². The molecule has 0 aliphatic rings. The average Bonchev–Trinajstić information content (AvgIpc) is 2.66. The smallest absolute Gasteiger partial charge is 0.319 e. The van der Waals surface area contributed by atoms with Crippen molar-refractivity contribution in [2.75, 3.05) is 36.1 Å². The van der Waals surface area contributed by atoms with Crippen molar-refractivity contribution in [2.45, 2.75) is 20.3 Å². The second-order valence-electron chi connectivity index (χ2n) is 5.79. The predicted molar refractivity (Wildman–Crippen MR) is 106 cm³/mol. The number of carbonyl (C=O) groups excluding carboxylic acids is 2. The van der Waals surface area contributed by atoms with Crippen LogP contribution in [0, 0.1) is 6.92 Å². The zero-order valence-electron chi connectivity index (χ0n) is 15.8. The molecule has 1 aromatic heterocycles. The number of aromatic nitrogens is 1. The third kappa shape index (κ3) is 6.18. The van der Waals surface area contributed by atoms with Crippen molar-refractivity contribution in [1.29, 1.82) is 0 Å². The Labute approximate surface area is 158 Å². The first-order valence-corrected chi connectivity index (χ1v) is 8.71. The number of hydrogen-bond donors (Lipinski definition) is 4. The van der Waals surface area contributed by atoms with E-state index in [0.29, 0.717) is 36.6 Å². The molecule has 0 radical (unpaired) electrons. The van der Waals surface area contributed by atoms with Gasteiger partial charge in [-0.1, -0.05) is 13.0 Å². The maximum absolute atomic E-state index is 12.1. The number of nitrogens with zero attached hydrogens (tertiary/aromatic N) is 1. The van der Waals surface area contributed by atoms with Crippen LogP contribution in [0.3, 0.4) is 0 Å². The summed E-state index contributed by atoms with van der Waals surface area (Å²) < 4.78 is 5.22. The van der Waals surface area contributed by atoms with Gasteiger partial charge in [0.1, 0.15) is 11.6 Å². The van der Waals surface area contributed by atoms with Crippen LogP contribution >= 0.6 is 0 Å². The topological polar surface area (TPSA) is 104 Å². The Morgan fingerprint density at radius 3 is 2.67 bits per heavy atom. The van der Waals surface area contributed by atoms with Crippen LogP contribution < -0.4 is 26.0 Å². The summed E-state index contributed by atoms with van der Waals surface area (Å²) in [5.74, 6) is 1.19. The molecule has 0 saturated heterocycles. The maximum atomic E-state index is 12.1. The molecule has 2 aromatic rings. The van der Waals surface area contributed by atoms with Gasteiger partial charge >= 0.3 is 6.03 Å². The van der Waals surface area contributed by atoms with Gasteiger partial charge in [0.05, 0.1) is 12.8 Å². The van der Waals surface area contributed by atoms with E-state index in [2.05, 4.69) is 26.3 Å². The minimum atomic E-state index is -0.340. The number of hydrogen-bond acceptors (Lipinski definition) is 5. The standard InChI is InChI=1S/C19H25N5O3/c1-4-17(25)24-15-12-14(7-8-16(15)27-3)23-19(26)22-11-10-21-18-13(2)6-5-9-20-18/h5-9,12H,4,10-11H2,1-3H3,(H,20,21)(H,24,25)(H2,22,23,26). The van der Waals surface area contributed by atoms with Gasteiger partial charge in [-0.25, -0.2) is 9.78 Å². The van der Waals surface area contributed by atoms with Gasteiger partial charge in [-0.2, -0.15) is 0 Å². The van der Waals surface area contributed by atoms with Crippen molar-refractivity contribution < 1.29 is 14.3 Å². The number of aryl methyl sites for hydroxylation is 1. The van der Waals surface area contributed by atoms with E-state index < -0.39 is 0 Å². The maximum Gasteiger partial charge on any atom is 0.319 e. The highest BCUT2D eigenvalue weighted by Crippen LogP contribution is 2.27. The van der Waals surface area contributed by atoms with Crippen LogP contribution in [-0.4, -0.2) is 37.1 Å². The highest BCUT2D eigenvalue weighted by Gasteiger charge is 2.09. The van der Waals surface area contributed by atoms with Crippen LogP contribution in [0.5, 0.6) is 5.75 Å². The number of benzene rings is 1. The van der Waals surface area contributed by atoms with Gasteiger partial charge in [0, 0.05) is 31.4 Å². The van der Waals surface area contributed by atoms with Crippen LogP contribution in [0.25, 0.3) is 0 Å². The molecule has 0 fully saturated rings. The first-order valence-electron chi connectivity index (χ1n) is 8.71. The number of anilines is 3. The van der Waals surface area contributed by atoms with E-state index in [1.165, 1.54) is 7.11 Å². The van der Waals surface area contributed by atoms with Crippen molar-refractivity contribution in [3.05, 3.63) is 42.1 Å². The lowest BCUT2D eigenvalue weighted by Crippen LogP contribution is -2.32. The van der Waals surface area contributed by atoms with Crippen LogP contribution in [0.4, 0.5) is 22.0 Å². The third-order valence-electron chi connectivity index (χ3n) is 3.76. The zero-order valence-corrected chi connectivity index (χ0v) is 15.8. The fraction of sp³-hybridized carbons (Fsp3) is 0.316. The molecule has 0 aliphatic carbocycles. The number of urea groups is 1. The Morgan fingerprint density at radius 1 is 1.15 bits per heavy atom. The van der Waals surface area contributed by atoms with E-state index in [-0.39, 0.29) is 11.9 Å². The second kappa shape index (κ2) is 10.0. The summed E-state index contributed by atoms with van der Waals surface area (Å²) in [5.41, 5.74) is 2.10. The average molecular weight is 371 g/mol. The fourth-order valence-corrected chi connectivity index (χ4v) is 2.32. The molecule has 8 nitrogen and oxygen atoms in total. The van der Waals surface area contributed by atoms with E-state index in [0.717, 1.165) is 11.4 Å². The lowest BCUT2D eigenvalue weighted by molar-refractivity contribution is -0.115. The van der Waals surface area contributed by atoms with E-state index in [9.17, 15) is 9.59 Å². The summed E-state index contributed by atoms with van der Waals surface area (Å²) in [6, 6.07) is 8.54. The Hall–Kier alpha value is -3.29. The first kappa shape index (κ1) is 20.0. The van der Waals surface area contributed by atoms with Crippen molar-refractivity contribution in [3.63, 3.8) is 0 Å². The summed E-state index contributed by atoms with van der Waals surface area (Å²) in [4.78, 5) is 27.9. The van der Waals surface area contributed by atoms with Gasteiger partial charge in [0.25, 0.3) is 0 Å². The molecule has 144 valence electrons. The molecular weight excluding hydrogens is 346 g/mol. The van der Waals surface area contributed by atoms with Gasteiger partial charge < -0.3 is 26.0 Å². The largest absolute Gasteiger partial charge is 0.495 e. The quantitative estimate of drug-likeness (QED) is 0.534. The summed E-state index contributed by atoms with van der Waals surface area (Å²) in [7, 11) is 1.52. The van der Waals surface area contributed by atoms with E-state index in [1.807, 2.05) is 19.1 Å². The molecule has 0 aliphatic heterocycles. The van der Waals surface area contributed by atoms with E-state index in [4.69, 9.17) is 4.74 Å². The number of amides is 3. The zero-order chi connectivity index (χ0) is 19.6. The number of rotatable bonds is 8. The number of carbonyl (C=O) groups is 2. The van der Waals surface area contributed by atoms with Crippen LogP contribution in [0.1, 0.15) is 18.9 Å². The van der Waals surface area contributed by atoms with Gasteiger partial charge in [-0.05, 0) is 36.8 Å². The first-order chi connectivity index (χ1) is 13.0. The summed E-state index contributed by atoms with van der Waals surface area (Å²) in [5, 5.41) is 11.4. The molecule has 0 bridgehead atoms. The highest BCUT2D eigenvalue weighted by atomic mass is 16.5. The van der Waals surface area contributed by atoms with Crippen molar-refractivity contribution in [1.82, 2.24) is 10.3 Å². The number of pyridine rings is 1. The molecule has 4 N–H and O–H groups in total. The predicted octanol–water partition coefficient (Wildman–Crippen LogP) is 2.98. The summed E-state index contributed by atoms with van der Waals surface area (Å²) >= 11 is 0. The molecule has 1 heterocycles. The highest BCUT2D eigenvalue weighted by molar-refractivity contribution is 5.94. The summed E-state index contributed by atoms with van der Waals surface area (Å²) in [6.45, 7) is 4.70. The van der Waals surface area contributed by atoms with Crippen LogP contribution in [0.2, 0.25) is 0 Å². The van der Waals surface area contributed by atoms with E-state index in [1.54, 1.807) is 31.3 Å². The number of ether oxygens (including phenoxy) is 1. The van der Waals surface area contributed by atoms with Gasteiger partial charge in [0.2, 0.25) is 5.91 Å². The Morgan fingerprint density at radius 2 is 1.96 bits per heavy atom. The number of methoxy groups -OCH3 is 1. The van der Waals surface area contributed by atoms with Crippen LogP contribution in [-0.2, 0) is 4.79 Å². The normalized spacial score (nSPS) is 10.0. The monoisotopic (exact) mass is 371 g/mol. The SMILES string of the molecule is CCC(=O)Nc1cc(NC(=O)NCCNc2ncccc2C)ccc1OC. The van der Waals surface area contributed by atoms with Crippen molar-refractivity contribution in [3.8, 4) is 5.75 Å². The van der Waals surface area contributed by atoms with Crippen molar-refractivity contribution >= 4 is 29.1 Å².